The zero-order chi connectivity index (χ0) is 18.6. The standard InChI is InChI=1S/C18H27N3O4S/c1-13-11-15(8-9-19-13)21-18(22)14-4-6-17(7-5-14)26(23,24)20-12-16-3-2-10-25-16/h4-7,13,15-16,19-20H,2-3,8-12H2,1H3,(H,21,22). The van der Waals surface area contributed by atoms with Gasteiger partial charge in [0.15, 0.2) is 0 Å². The number of nitrogens with one attached hydrogen (secondary N) is 3. The van der Waals surface area contributed by atoms with Crippen molar-refractivity contribution in [2.24, 2.45) is 0 Å². The number of carbonyl (C=O) groups excluding carboxylic acids is 1. The predicted molar refractivity (Wildman–Crippen MR) is 98.6 cm³/mol. The minimum absolute atomic E-state index is 0.0535. The molecule has 144 valence electrons. The molecule has 0 aromatic heterocycles. The molecule has 0 radical (unpaired) electrons. The van der Waals surface area contributed by atoms with E-state index in [1.165, 1.54) is 12.1 Å². The van der Waals surface area contributed by atoms with E-state index in [2.05, 4.69) is 22.3 Å². The van der Waals surface area contributed by atoms with Crippen LogP contribution in [0.5, 0.6) is 0 Å². The first kappa shape index (κ1) is 19.3. The molecule has 3 N–H and O–H groups in total. The molecule has 1 aromatic rings. The van der Waals surface area contributed by atoms with Gasteiger partial charge < -0.3 is 15.4 Å². The molecule has 0 aliphatic carbocycles. The lowest BCUT2D eigenvalue weighted by Gasteiger charge is -2.28. The molecule has 1 amide bonds. The SMILES string of the molecule is CC1CC(NC(=O)c2ccc(S(=O)(=O)NCC3CCCO3)cc2)CCN1. The van der Waals surface area contributed by atoms with E-state index in [9.17, 15) is 13.2 Å². The van der Waals surface area contributed by atoms with Gasteiger partial charge in [-0.1, -0.05) is 0 Å². The Bertz CT molecular complexity index is 714. The van der Waals surface area contributed by atoms with E-state index in [1.54, 1.807) is 12.1 Å². The highest BCUT2D eigenvalue weighted by molar-refractivity contribution is 7.89. The van der Waals surface area contributed by atoms with E-state index in [4.69, 9.17) is 4.74 Å². The summed E-state index contributed by atoms with van der Waals surface area (Å²) in [7, 11) is -3.59. The van der Waals surface area contributed by atoms with Gasteiger partial charge in [-0.05, 0) is 63.4 Å². The molecule has 26 heavy (non-hydrogen) atoms. The van der Waals surface area contributed by atoms with Gasteiger partial charge in [0.1, 0.15) is 0 Å². The number of hydrogen-bond donors (Lipinski definition) is 3. The molecular weight excluding hydrogens is 354 g/mol. The number of amides is 1. The minimum Gasteiger partial charge on any atom is -0.377 e. The van der Waals surface area contributed by atoms with Crippen LogP contribution in [0.2, 0.25) is 0 Å². The Balaban J connectivity index is 1.57. The van der Waals surface area contributed by atoms with Crippen LogP contribution in [0.3, 0.4) is 0 Å². The number of benzene rings is 1. The Morgan fingerprint density at radius 2 is 2.04 bits per heavy atom. The fraction of sp³-hybridized carbons (Fsp3) is 0.611. The monoisotopic (exact) mass is 381 g/mol. The third-order valence-corrected chi connectivity index (χ3v) is 6.35. The molecule has 3 atom stereocenters. The third-order valence-electron chi connectivity index (χ3n) is 4.91. The van der Waals surface area contributed by atoms with E-state index < -0.39 is 10.0 Å². The summed E-state index contributed by atoms with van der Waals surface area (Å²) >= 11 is 0. The smallest absolute Gasteiger partial charge is 0.251 e. The Kier molecular flexibility index (Phi) is 6.29. The summed E-state index contributed by atoms with van der Waals surface area (Å²) in [6, 6.07) is 6.59. The zero-order valence-electron chi connectivity index (χ0n) is 15.0. The van der Waals surface area contributed by atoms with E-state index in [0.29, 0.717) is 18.2 Å². The number of ether oxygens (including phenoxy) is 1. The van der Waals surface area contributed by atoms with Gasteiger partial charge in [-0.15, -0.1) is 0 Å². The minimum atomic E-state index is -3.59. The fourth-order valence-electron chi connectivity index (χ4n) is 3.41. The second-order valence-corrected chi connectivity index (χ2v) is 8.83. The Hall–Kier alpha value is -1.48. The molecule has 2 fully saturated rings. The van der Waals surface area contributed by atoms with Crippen LogP contribution in [0, 0.1) is 0 Å². The fourth-order valence-corrected chi connectivity index (χ4v) is 4.47. The molecule has 0 spiro atoms. The number of rotatable bonds is 6. The van der Waals surface area contributed by atoms with Crippen LogP contribution in [0.25, 0.3) is 0 Å². The lowest BCUT2D eigenvalue weighted by atomic mass is 10.0. The first-order valence-electron chi connectivity index (χ1n) is 9.19. The second kappa shape index (κ2) is 8.47. The van der Waals surface area contributed by atoms with E-state index >= 15 is 0 Å². The topological polar surface area (TPSA) is 96.5 Å². The van der Waals surface area contributed by atoms with Crippen molar-refractivity contribution in [3.63, 3.8) is 0 Å². The summed E-state index contributed by atoms with van der Waals surface area (Å²) in [5, 5.41) is 6.37. The number of carbonyl (C=O) groups is 1. The quantitative estimate of drug-likeness (QED) is 0.684. The van der Waals surface area contributed by atoms with Crippen molar-refractivity contribution in [2.45, 2.75) is 55.7 Å². The predicted octanol–water partition coefficient (Wildman–Crippen LogP) is 1.01. The molecule has 3 rings (SSSR count). The normalized spacial score (nSPS) is 26.6. The summed E-state index contributed by atoms with van der Waals surface area (Å²) in [4.78, 5) is 12.5. The third kappa shape index (κ3) is 5.03. The van der Waals surface area contributed by atoms with Crippen LogP contribution in [-0.4, -0.2) is 52.2 Å². The second-order valence-electron chi connectivity index (χ2n) is 7.06. The molecule has 0 saturated carbocycles. The summed E-state index contributed by atoms with van der Waals surface area (Å²) in [5.41, 5.74) is 0.467. The maximum absolute atomic E-state index is 12.4. The van der Waals surface area contributed by atoms with Crippen LogP contribution >= 0.6 is 0 Å². The van der Waals surface area contributed by atoms with Crippen molar-refractivity contribution in [1.29, 1.82) is 0 Å². The first-order valence-corrected chi connectivity index (χ1v) is 10.7. The van der Waals surface area contributed by atoms with Gasteiger partial charge in [0.25, 0.3) is 5.91 Å². The molecule has 2 heterocycles. The summed E-state index contributed by atoms with van der Waals surface area (Å²) < 4.78 is 32.7. The number of hydrogen-bond acceptors (Lipinski definition) is 5. The van der Waals surface area contributed by atoms with Gasteiger partial charge in [0.2, 0.25) is 10.0 Å². The molecule has 7 nitrogen and oxygen atoms in total. The summed E-state index contributed by atoms with van der Waals surface area (Å²) in [6.45, 7) is 3.95. The molecule has 2 aliphatic heterocycles. The van der Waals surface area contributed by atoms with Gasteiger partial charge >= 0.3 is 0 Å². The van der Waals surface area contributed by atoms with Gasteiger partial charge in [-0.25, -0.2) is 13.1 Å². The lowest BCUT2D eigenvalue weighted by molar-refractivity contribution is 0.0925. The van der Waals surface area contributed by atoms with Crippen molar-refractivity contribution in [3.8, 4) is 0 Å². The van der Waals surface area contributed by atoms with Gasteiger partial charge in [-0.3, -0.25) is 4.79 Å². The Morgan fingerprint density at radius 1 is 1.27 bits per heavy atom. The molecule has 2 aliphatic rings. The average molecular weight is 381 g/mol. The number of piperidine rings is 1. The molecular formula is C18H27N3O4S. The largest absolute Gasteiger partial charge is 0.377 e. The zero-order valence-corrected chi connectivity index (χ0v) is 15.8. The van der Waals surface area contributed by atoms with Crippen LogP contribution < -0.4 is 15.4 Å². The molecule has 1 aromatic carbocycles. The van der Waals surface area contributed by atoms with Crippen molar-refractivity contribution in [2.75, 3.05) is 19.7 Å². The first-order chi connectivity index (χ1) is 12.4. The Morgan fingerprint density at radius 3 is 2.69 bits per heavy atom. The molecule has 3 unspecified atom stereocenters. The van der Waals surface area contributed by atoms with Crippen molar-refractivity contribution in [3.05, 3.63) is 29.8 Å². The van der Waals surface area contributed by atoms with Crippen molar-refractivity contribution >= 4 is 15.9 Å². The van der Waals surface area contributed by atoms with E-state index in [-0.39, 0.29) is 29.5 Å². The number of sulfonamides is 1. The summed E-state index contributed by atoms with van der Waals surface area (Å²) in [6.07, 6.45) is 3.58. The van der Waals surface area contributed by atoms with Crippen molar-refractivity contribution in [1.82, 2.24) is 15.4 Å². The highest BCUT2D eigenvalue weighted by atomic mass is 32.2. The van der Waals surface area contributed by atoms with E-state index in [1.807, 2.05) is 0 Å². The molecule has 8 heteroatoms. The van der Waals surface area contributed by atoms with Crippen LogP contribution in [-0.2, 0) is 14.8 Å². The summed E-state index contributed by atoms with van der Waals surface area (Å²) in [5.74, 6) is -0.166. The maximum atomic E-state index is 12.4. The average Bonchev–Trinajstić information content (AvgIpc) is 3.14. The van der Waals surface area contributed by atoms with Gasteiger partial charge in [0, 0.05) is 30.8 Å². The van der Waals surface area contributed by atoms with Gasteiger partial charge in [-0.2, -0.15) is 0 Å². The highest BCUT2D eigenvalue weighted by Gasteiger charge is 2.22. The van der Waals surface area contributed by atoms with Crippen LogP contribution in [0.15, 0.2) is 29.2 Å². The molecule has 0 bridgehead atoms. The van der Waals surface area contributed by atoms with Crippen LogP contribution in [0.4, 0.5) is 0 Å². The van der Waals surface area contributed by atoms with E-state index in [0.717, 1.165) is 32.2 Å². The Labute approximate surface area is 154 Å². The molecule has 2 saturated heterocycles. The maximum Gasteiger partial charge on any atom is 0.251 e. The van der Waals surface area contributed by atoms with Crippen LogP contribution in [0.1, 0.15) is 43.0 Å². The highest BCUT2D eigenvalue weighted by Crippen LogP contribution is 2.15. The van der Waals surface area contributed by atoms with Crippen molar-refractivity contribution < 1.29 is 17.9 Å². The van der Waals surface area contributed by atoms with Gasteiger partial charge in [0.05, 0.1) is 11.0 Å². The lowest BCUT2D eigenvalue weighted by Crippen LogP contribution is -2.46.